The second-order valence-electron chi connectivity index (χ2n) is 8.01. The molecule has 1 amide bonds. The number of nitrogens with zero attached hydrogens (tertiary/aromatic N) is 7. The number of halogens is 1. The lowest BCUT2D eigenvalue weighted by molar-refractivity contribution is 0.103. The molecular formula is C23H26ClN9OS. The number of piperazine rings is 1. The minimum atomic E-state index is -0.286. The smallest absolute Gasteiger partial charge is 0.267 e. The topological polar surface area (TPSA) is 123 Å². The first-order valence-corrected chi connectivity index (χ1v) is 12.5. The summed E-state index contributed by atoms with van der Waals surface area (Å²) in [5.41, 5.74) is 1.47. The number of carbonyl (C=O) groups is 1. The number of anilines is 4. The Balaban J connectivity index is 1.44. The number of aryl methyl sites for hydroxylation is 2. The highest BCUT2D eigenvalue weighted by Crippen LogP contribution is 2.28. The number of benzene rings is 1. The molecule has 0 bridgehead atoms. The molecule has 0 saturated carbocycles. The lowest BCUT2D eigenvalue weighted by Gasteiger charge is -2.34. The van der Waals surface area contributed by atoms with E-state index < -0.39 is 0 Å². The van der Waals surface area contributed by atoms with Gasteiger partial charge in [-0.05, 0) is 18.6 Å². The summed E-state index contributed by atoms with van der Waals surface area (Å²) in [7, 11) is 0. The van der Waals surface area contributed by atoms with Gasteiger partial charge in [-0.25, -0.2) is 4.98 Å². The van der Waals surface area contributed by atoms with E-state index in [2.05, 4.69) is 46.4 Å². The molecule has 10 nitrogen and oxygen atoms in total. The average Bonchev–Trinajstić information content (AvgIpc) is 3.33. The predicted molar refractivity (Wildman–Crippen MR) is 138 cm³/mol. The SMILES string of the molecule is CCc1nc(Nc2ncc(C(=O)Nc3c(C)cccc3Cl)s2)nc(N2CCN(CCC#N)CC2)n1. The fourth-order valence-corrected chi connectivity index (χ4v) is 4.61. The Morgan fingerprint density at radius 1 is 1.23 bits per heavy atom. The maximum absolute atomic E-state index is 12.7. The van der Waals surface area contributed by atoms with Gasteiger partial charge in [0.05, 0.1) is 23.0 Å². The first kappa shape index (κ1) is 24.8. The van der Waals surface area contributed by atoms with E-state index in [9.17, 15) is 4.79 Å². The van der Waals surface area contributed by atoms with Crippen LogP contribution in [0, 0.1) is 18.3 Å². The first-order chi connectivity index (χ1) is 17.0. The molecule has 3 aromatic rings. The van der Waals surface area contributed by atoms with Crippen LogP contribution in [0.1, 0.15) is 34.4 Å². The molecule has 35 heavy (non-hydrogen) atoms. The van der Waals surface area contributed by atoms with Gasteiger partial charge in [0.25, 0.3) is 5.91 Å². The Bertz CT molecular complexity index is 1210. The van der Waals surface area contributed by atoms with Crippen LogP contribution in [0.5, 0.6) is 0 Å². The van der Waals surface area contributed by atoms with Crippen molar-refractivity contribution in [3.8, 4) is 6.07 Å². The van der Waals surface area contributed by atoms with Crippen LogP contribution >= 0.6 is 22.9 Å². The number of nitriles is 1. The van der Waals surface area contributed by atoms with Crippen LogP contribution in [-0.2, 0) is 6.42 Å². The van der Waals surface area contributed by atoms with Crippen molar-refractivity contribution in [1.82, 2.24) is 24.8 Å². The zero-order valence-corrected chi connectivity index (χ0v) is 21.2. The number of para-hydroxylation sites is 1. The van der Waals surface area contributed by atoms with Crippen LogP contribution in [0.15, 0.2) is 24.4 Å². The van der Waals surface area contributed by atoms with Crippen LogP contribution < -0.4 is 15.5 Å². The quantitative estimate of drug-likeness (QED) is 0.463. The molecule has 2 aromatic heterocycles. The van der Waals surface area contributed by atoms with Crippen LogP contribution in [0.2, 0.25) is 5.02 Å². The average molecular weight is 512 g/mol. The van der Waals surface area contributed by atoms with Gasteiger partial charge in [-0.1, -0.05) is 42.0 Å². The first-order valence-electron chi connectivity index (χ1n) is 11.4. The molecule has 1 aliphatic heterocycles. The van der Waals surface area contributed by atoms with Crippen molar-refractivity contribution in [2.75, 3.05) is 48.3 Å². The highest BCUT2D eigenvalue weighted by molar-refractivity contribution is 7.17. The Labute approximate surface area is 213 Å². The minimum absolute atomic E-state index is 0.286. The second-order valence-corrected chi connectivity index (χ2v) is 9.44. The van der Waals surface area contributed by atoms with Gasteiger partial charge >= 0.3 is 0 Å². The monoisotopic (exact) mass is 511 g/mol. The molecule has 1 aromatic carbocycles. The molecule has 0 spiro atoms. The highest BCUT2D eigenvalue weighted by atomic mass is 35.5. The Morgan fingerprint density at radius 3 is 2.74 bits per heavy atom. The standard InChI is InChI=1S/C23H26ClN9OS/c1-3-18-27-21(30-22(28-18)33-12-10-32(11-13-33)9-5-8-25)31-23-26-14-17(35-23)20(34)29-19-15(2)6-4-7-16(19)24/h4,6-7,14H,3,5,9-13H2,1-2H3,(H,29,34)(H,26,27,28,30,31). The molecule has 4 rings (SSSR count). The molecular weight excluding hydrogens is 486 g/mol. The summed E-state index contributed by atoms with van der Waals surface area (Å²) >= 11 is 7.44. The predicted octanol–water partition coefficient (Wildman–Crippen LogP) is 3.88. The summed E-state index contributed by atoms with van der Waals surface area (Å²) in [6, 6.07) is 7.66. The lowest BCUT2D eigenvalue weighted by Crippen LogP contribution is -2.47. The normalized spacial score (nSPS) is 13.9. The molecule has 0 unspecified atom stereocenters. The van der Waals surface area contributed by atoms with E-state index in [1.807, 2.05) is 26.0 Å². The zero-order valence-electron chi connectivity index (χ0n) is 19.6. The number of hydrogen-bond donors (Lipinski definition) is 2. The maximum atomic E-state index is 12.7. The van der Waals surface area contributed by atoms with E-state index >= 15 is 0 Å². The largest absolute Gasteiger partial charge is 0.338 e. The molecule has 1 saturated heterocycles. The van der Waals surface area contributed by atoms with Crippen LogP contribution in [0.25, 0.3) is 0 Å². The third-order valence-electron chi connectivity index (χ3n) is 5.59. The van der Waals surface area contributed by atoms with Crippen LogP contribution in [0.4, 0.5) is 22.7 Å². The number of amides is 1. The molecule has 0 radical (unpaired) electrons. The van der Waals surface area contributed by atoms with Gasteiger partial charge in [-0.2, -0.15) is 20.2 Å². The molecule has 182 valence electrons. The van der Waals surface area contributed by atoms with E-state index in [0.29, 0.717) is 51.3 Å². The Morgan fingerprint density at radius 2 is 2.03 bits per heavy atom. The van der Waals surface area contributed by atoms with Crippen LogP contribution in [-0.4, -0.2) is 63.5 Å². The van der Waals surface area contributed by atoms with Gasteiger partial charge in [-0.3, -0.25) is 15.0 Å². The second kappa shape index (κ2) is 11.4. The third kappa shape index (κ3) is 6.22. The van der Waals surface area contributed by atoms with Crippen LogP contribution in [0.3, 0.4) is 0 Å². The van der Waals surface area contributed by atoms with Crippen molar-refractivity contribution in [2.45, 2.75) is 26.7 Å². The molecule has 1 fully saturated rings. The lowest BCUT2D eigenvalue weighted by atomic mass is 10.2. The van der Waals surface area contributed by atoms with E-state index in [-0.39, 0.29) is 5.91 Å². The van der Waals surface area contributed by atoms with Crippen molar-refractivity contribution in [1.29, 1.82) is 5.26 Å². The molecule has 12 heteroatoms. The van der Waals surface area contributed by atoms with Crippen molar-refractivity contribution >= 4 is 51.6 Å². The molecule has 0 atom stereocenters. The molecule has 3 heterocycles. The summed E-state index contributed by atoms with van der Waals surface area (Å²) in [5.74, 6) is 1.39. The van der Waals surface area contributed by atoms with Gasteiger partial charge in [0, 0.05) is 45.6 Å². The number of aromatic nitrogens is 4. The van der Waals surface area contributed by atoms with E-state index in [1.54, 1.807) is 6.07 Å². The number of hydrogen-bond acceptors (Lipinski definition) is 10. The molecule has 2 N–H and O–H groups in total. The summed E-state index contributed by atoms with van der Waals surface area (Å²) in [6.45, 7) is 7.93. The summed E-state index contributed by atoms with van der Waals surface area (Å²) in [5, 5.41) is 15.8. The summed E-state index contributed by atoms with van der Waals surface area (Å²) in [4.78, 5) is 35.6. The van der Waals surface area contributed by atoms with Crippen molar-refractivity contribution in [3.05, 3.63) is 45.7 Å². The van der Waals surface area contributed by atoms with Crippen molar-refractivity contribution < 1.29 is 4.79 Å². The number of nitrogens with one attached hydrogen (secondary N) is 2. The van der Waals surface area contributed by atoms with E-state index in [4.69, 9.17) is 16.9 Å². The number of thiazole rings is 1. The van der Waals surface area contributed by atoms with Gasteiger partial charge in [0.2, 0.25) is 11.9 Å². The summed E-state index contributed by atoms with van der Waals surface area (Å²) < 4.78 is 0. The van der Waals surface area contributed by atoms with Crippen molar-refractivity contribution in [2.24, 2.45) is 0 Å². The zero-order chi connectivity index (χ0) is 24.8. The third-order valence-corrected chi connectivity index (χ3v) is 6.82. The summed E-state index contributed by atoms with van der Waals surface area (Å²) in [6.07, 6.45) is 2.71. The van der Waals surface area contributed by atoms with Crippen molar-refractivity contribution in [3.63, 3.8) is 0 Å². The Hall–Kier alpha value is -3.33. The number of carbonyl (C=O) groups excluding carboxylic acids is 1. The fraction of sp³-hybridized carbons (Fsp3) is 0.391. The highest BCUT2D eigenvalue weighted by Gasteiger charge is 2.21. The van der Waals surface area contributed by atoms with E-state index in [0.717, 1.165) is 38.3 Å². The fourth-order valence-electron chi connectivity index (χ4n) is 3.64. The Kier molecular flexibility index (Phi) is 8.07. The van der Waals surface area contributed by atoms with Gasteiger partial charge < -0.3 is 10.2 Å². The molecule has 1 aliphatic rings. The van der Waals surface area contributed by atoms with Gasteiger partial charge in [0.1, 0.15) is 10.7 Å². The van der Waals surface area contributed by atoms with Gasteiger partial charge in [-0.15, -0.1) is 0 Å². The maximum Gasteiger partial charge on any atom is 0.267 e. The van der Waals surface area contributed by atoms with Gasteiger partial charge in [0.15, 0.2) is 5.13 Å². The van der Waals surface area contributed by atoms with E-state index in [1.165, 1.54) is 17.5 Å². The minimum Gasteiger partial charge on any atom is -0.338 e. The number of rotatable bonds is 8. The molecule has 0 aliphatic carbocycles.